The number of carboxylic acids is 1. The number of nitrogens with zero attached hydrogens (tertiary/aromatic N) is 1. The number of phenolic OH excluding ortho intramolecular Hbond substituents is 1. The van der Waals surface area contributed by atoms with Gasteiger partial charge in [-0.05, 0) is 12.1 Å². The monoisotopic (exact) mass is 235 g/mol. The second kappa shape index (κ2) is 4.32. The molecule has 2 rings (SSSR count). The van der Waals surface area contributed by atoms with Crippen LogP contribution in [0.5, 0.6) is 5.75 Å². The average molecular weight is 235 g/mol. The van der Waals surface area contributed by atoms with E-state index in [0.29, 0.717) is 15.4 Å². The molecule has 0 aliphatic rings. The van der Waals surface area contributed by atoms with Gasteiger partial charge >= 0.3 is 5.97 Å². The molecule has 0 aliphatic carbocycles. The second-order valence-corrected chi connectivity index (χ2v) is 4.33. The molecule has 5 heteroatoms. The third kappa shape index (κ3) is 2.20. The second-order valence-electron chi connectivity index (χ2n) is 3.22. The molecular formula is C11H9NO3S. The fourth-order valence-corrected chi connectivity index (χ4v) is 2.25. The van der Waals surface area contributed by atoms with E-state index in [-0.39, 0.29) is 12.2 Å². The number of phenols is 1. The maximum absolute atomic E-state index is 10.5. The van der Waals surface area contributed by atoms with E-state index >= 15 is 0 Å². The van der Waals surface area contributed by atoms with Crippen LogP contribution in [0.1, 0.15) is 4.88 Å². The zero-order valence-electron chi connectivity index (χ0n) is 8.25. The molecule has 0 fully saturated rings. The molecule has 0 atom stereocenters. The van der Waals surface area contributed by atoms with E-state index in [1.807, 2.05) is 0 Å². The molecule has 0 unspecified atom stereocenters. The van der Waals surface area contributed by atoms with Crippen molar-refractivity contribution in [2.24, 2.45) is 0 Å². The predicted molar refractivity (Wildman–Crippen MR) is 60.6 cm³/mol. The summed E-state index contributed by atoms with van der Waals surface area (Å²) in [4.78, 5) is 15.3. The molecule has 0 bridgehead atoms. The Kier molecular flexibility index (Phi) is 2.87. The zero-order chi connectivity index (χ0) is 11.5. The summed E-state index contributed by atoms with van der Waals surface area (Å²) in [7, 11) is 0. The van der Waals surface area contributed by atoms with E-state index in [2.05, 4.69) is 4.98 Å². The number of aromatic hydroxyl groups is 1. The normalized spacial score (nSPS) is 10.2. The lowest BCUT2D eigenvalue weighted by Gasteiger charge is -1.98. The number of para-hydroxylation sites is 1. The average Bonchev–Trinajstić information content (AvgIpc) is 2.66. The number of aliphatic carboxylic acids is 1. The molecule has 0 aliphatic heterocycles. The van der Waals surface area contributed by atoms with Crippen molar-refractivity contribution >= 4 is 17.3 Å². The first kappa shape index (κ1) is 10.6. The minimum atomic E-state index is -0.882. The molecule has 4 nitrogen and oxygen atoms in total. The summed E-state index contributed by atoms with van der Waals surface area (Å²) in [5.41, 5.74) is 0.629. The lowest BCUT2D eigenvalue weighted by molar-refractivity contribution is -0.136. The van der Waals surface area contributed by atoms with Crippen molar-refractivity contribution in [1.29, 1.82) is 0 Å². The van der Waals surface area contributed by atoms with E-state index in [1.165, 1.54) is 17.5 Å². The standard InChI is InChI=1S/C11H9NO3S/c13-9-4-2-1-3-8(9)11-12-6-7(16-11)5-10(14)15/h1-4,6,13H,5H2,(H,14,15). The first-order valence-electron chi connectivity index (χ1n) is 4.61. The van der Waals surface area contributed by atoms with Gasteiger partial charge in [0.1, 0.15) is 10.8 Å². The van der Waals surface area contributed by atoms with Gasteiger partial charge in [0, 0.05) is 11.1 Å². The summed E-state index contributed by atoms with van der Waals surface area (Å²) in [5.74, 6) is -0.730. The number of rotatable bonds is 3. The molecule has 16 heavy (non-hydrogen) atoms. The first-order chi connectivity index (χ1) is 7.66. The van der Waals surface area contributed by atoms with Gasteiger partial charge in [0.15, 0.2) is 0 Å². The van der Waals surface area contributed by atoms with E-state index < -0.39 is 5.97 Å². The number of carbonyl (C=O) groups is 1. The van der Waals surface area contributed by atoms with Crippen molar-refractivity contribution in [3.05, 3.63) is 35.3 Å². The molecule has 82 valence electrons. The highest BCUT2D eigenvalue weighted by Gasteiger charge is 2.10. The third-order valence-corrected chi connectivity index (χ3v) is 3.04. The molecule has 1 aromatic carbocycles. The number of hydrogen-bond acceptors (Lipinski definition) is 4. The molecule has 0 saturated heterocycles. The molecule has 0 saturated carbocycles. The van der Waals surface area contributed by atoms with Crippen LogP contribution in [0.25, 0.3) is 10.6 Å². The molecule has 2 N–H and O–H groups in total. The Morgan fingerprint density at radius 1 is 1.38 bits per heavy atom. The number of carboxylic acid groups (broad SMARTS) is 1. The minimum Gasteiger partial charge on any atom is -0.507 e. The highest BCUT2D eigenvalue weighted by atomic mass is 32.1. The smallest absolute Gasteiger partial charge is 0.308 e. The zero-order valence-corrected chi connectivity index (χ0v) is 9.07. The molecule has 0 amide bonds. The minimum absolute atomic E-state index is 0.0364. The summed E-state index contributed by atoms with van der Waals surface area (Å²) >= 11 is 1.28. The van der Waals surface area contributed by atoms with E-state index in [1.54, 1.807) is 24.3 Å². The van der Waals surface area contributed by atoms with Gasteiger partial charge < -0.3 is 10.2 Å². The molecule has 0 radical (unpaired) electrons. The summed E-state index contributed by atoms with van der Waals surface area (Å²) in [6.45, 7) is 0. The number of aromatic nitrogens is 1. The van der Waals surface area contributed by atoms with Crippen molar-refractivity contribution in [1.82, 2.24) is 4.98 Å². The van der Waals surface area contributed by atoms with Crippen LogP contribution < -0.4 is 0 Å². The van der Waals surface area contributed by atoms with Crippen LogP contribution in [0.4, 0.5) is 0 Å². The van der Waals surface area contributed by atoms with Crippen LogP contribution >= 0.6 is 11.3 Å². The van der Waals surface area contributed by atoms with Crippen LogP contribution in [0.2, 0.25) is 0 Å². The number of thiazole rings is 1. The topological polar surface area (TPSA) is 70.4 Å². The Hall–Kier alpha value is -1.88. The van der Waals surface area contributed by atoms with Gasteiger partial charge in [-0.2, -0.15) is 0 Å². The Morgan fingerprint density at radius 2 is 2.12 bits per heavy atom. The lowest BCUT2D eigenvalue weighted by atomic mass is 10.2. The quantitative estimate of drug-likeness (QED) is 0.855. The fraction of sp³-hybridized carbons (Fsp3) is 0.0909. The molecule has 1 aromatic heterocycles. The van der Waals surface area contributed by atoms with Crippen molar-refractivity contribution in [3.8, 4) is 16.3 Å². The fourth-order valence-electron chi connectivity index (χ4n) is 1.32. The molecule has 0 spiro atoms. The largest absolute Gasteiger partial charge is 0.507 e. The first-order valence-corrected chi connectivity index (χ1v) is 5.43. The Morgan fingerprint density at radius 3 is 2.81 bits per heavy atom. The summed E-state index contributed by atoms with van der Waals surface area (Å²) in [6, 6.07) is 6.85. The van der Waals surface area contributed by atoms with E-state index in [9.17, 15) is 9.90 Å². The van der Waals surface area contributed by atoms with Gasteiger partial charge in [-0.25, -0.2) is 4.98 Å². The Bertz CT molecular complexity index is 521. The van der Waals surface area contributed by atoms with Gasteiger partial charge in [-0.1, -0.05) is 12.1 Å². The summed E-state index contributed by atoms with van der Waals surface area (Å²) in [5, 5.41) is 18.9. The number of benzene rings is 1. The van der Waals surface area contributed by atoms with Gasteiger partial charge in [-0.3, -0.25) is 4.79 Å². The van der Waals surface area contributed by atoms with Crippen LogP contribution in [0.15, 0.2) is 30.5 Å². The van der Waals surface area contributed by atoms with Crippen molar-refractivity contribution < 1.29 is 15.0 Å². The molecular weight excluding hydrogens is 226 g/mol. The summed E-state index contributed by atoms with van der Waals surface area (Å²) in [6.07, 6.45) is 1.49. The van der Waals surface area contributed by atoms with Crippen molar-refractivity contribution in [2.45, 2.75) is 6.42 Å². The van der Waals surface area contributed by atoms with Crippen molar-refractivity contribution in [2.75, 3.05) is 0 Å². The molecule has 2 aromatic rings. The van der Waals surface area contributed by atoms with Gasteiger partial charge in [-0.15, -0.1) is 11.3 Å². The van der Waals surface area contributed by atoms with Gasteiger partial charge in [0.2, 0.25) is 0 Å². The van der Waals surface area contributed by atoms with E-state index in [4.69, 9.17) is 5.11 Å². The molecule has 1 heterocycles. The van der Waals surface area contributed by atoms with Crippen LogP contribution in [-0.2, 0) is 11.2 Å². The summed E-state index contributed by atoms with van der Waals surface area (Å²) < 4.78 is 0. The van der Waals surface area contributed by atoms with Crippen LogP contribution in [0.3, 0.4) is 0 Å². The Labute approximate surface area is 95.8 Å². The van der Waals surface area contributed by atoms with Gasteiger partial charge in [0.05, 0.1) is 12.0 Å². The maximum Gasteiger partial charge on any atom is 0.308 e. The highest BCUT2D eigenvalue weighted by Crippen LogP contribution is 2.31. The maximum atomic E-state index is 10.5. The van der Waals surface area contributed by atoms with E-state index in [0.717, 1.165) is 0 Å². The van der Waals surface area contributed by atoms with Crippen molar-refractivity contribution in [3.63, 3.8) is 0 Å². The van der Waals surface area contributed by atoms with Crippen LogP contribution in [-0.4, -0.2) is 21.2 Å². The van der Waals surface area contributed by atoms with Gasteiger partial charge in [0.25, 0.3) is 0 Å². The predicted octanol–water partition coefficient (Wildman–Crippen LogP) is 2.14. The Balaban J connectivity index is 2.32. The number of hydrogen-bond donors (Lipinski definition) is 2. The van der Waals surface area contributed by atoms with Crippen LogP contribution in [0, 0.1) is 0 Å². The SMILES string of the molecule is O=C(O)Cc1cnc(-c2ccccc2O)s1. The lowest BCUT2D eigenvalue weighted by Crippen LogP contribution is -1.97. The third-order valence-electron chi connectivity index (χ3n) is 2.01. The highest BCUT2D eigenvalue weighted by molar-refractivity contribution is 7.15.